The van der Waals surface area contributed by atoms with Gasteiger partial charge in [-0.3, -0.25) is 0 Å². The SMILES string of the molecule is C#CC(S)C/C=C(\CC)[C@H]1CCC(C)C1. The van der Waals surface area contributed by atoms with Gasteiger partial charge in [0, 0.05) is 0 Å². The highest BCUT2D eigenvalue weighted by atomic mass is 32.1. The van der Waals surface area contributed by atoms with E-state index in [2.05, 4.69) is 38.5 Å². The number of terminal acetylenes is 1. The summed E-state index contributed by atoms with van der Waals surface area (Å²) in [5.41, 5.74) is 1.61. The molecule has 0 saturated heterocycles. The summed E-state index contributed by atoms with van der Waals surface area (Å²) in [4.78, 5) is 0. The Bertz CT molecular complexity index is 259. The molecule has 0 aliphatic heterocycles. The van der Waals surface area contributed by atoms with Gasteiger partial charge in [-0.1, -0.05) is 37.8 Å². The molecular weight excluding hydrogens is 200 g/mol. The van der Waals surface area contributed by atoms with Crippen molar-refractivity contribution in [2.24, 2.45) is 11.8 Å². The summed E-state index contributed by atoms with van der Waals surface area (Å²) in [5.74, 6) is 4.39. The molecule has 0 aromatic rings. The van der Waals surface area contributed by atoms with E-state index >= 15 is 0 Å². The predicted molar refractivity (Wildman–Crippen MR) is 71.1 cm³/mol. The van der Waals surface area contributed by atoms with Crippen molar-refractivity contribution in [3.8, 4) is 12.3 Å². The summed E-state index contributed by atoms with van der Waals surface area (Å²) in [6.07, 6.45) is 13.9. The van der Waals surface area contributed by atoms with Gasteiger partial charge in [-0.05, 0) is 37.5 Å². The Balaban J connectivity index is 2.52. The molecule has 1 fully saturated rings. The summed E-state index contributed by atoms with van der Waals surface area (Å²) >= 11 is 4.32. The zero-order valence-corrected chi connectivity index (χ0v) is 10.8. The number of thiol groups is 1. The molecule has 1 heteroatoms. The molecule has 15 heavy (non-hydrogen) atoms. The number of allylic oxidation sites excluding steroid dienone is 2. The average Bonchev–Trinajstić information content (AvgIpc) is 2.65. The molecule has 0 N–H and O–H groups in total. The zero-order valence-electron chi connectivity index (χ0n) is 9.87. The second-order valence-corrected chi connectivity index (χ2v) is 5.29. The van der Waals surface area contributed by atoms with Crippen molar-refractivity contribution < 1.29 is 0 Å². The molecule has 0 bridgehead atoms. The molecule has 0 nitrogen and oxygen atoms in total. The lowest BCUT2D eigenvalue weighted by molar-refractivity contribution is 0.561. The third-order valence-electron chi connectivity index (χ3n) is 3.42. The minimum absolute atomic E-state index is 0.0883. The van der Waals surface area contributed by atoms with Gasteiger partial charge in [0.15, 0.2) is 0 Å². The first kappa shape index (κ1) is 12.7. The first-order valence-corrected chi connectivity index (χ1v) is 6.52. The minimum atomic E-state index is 0.0883. The van der Waals surface area contributed by atoms with Gasteiger partial charge in [-0.15, -0.1) is 6.42 Å². The molecular formula is C14H22S. The van der Waals surface area contributed by atoms with E-state index in [0.29, 0.717) is 0 Å². The smallest absolute Gasteiger partial charge is 0.0658 e. The molecule has 0 aromatic carbocycles. The maximum atomic E-state index is 5.32. The van der Waals surface area contributed by atoms with Crippen LogP contribution in [0.15, 0.2) is 11.6 Å². The Kier molecular flexibility index (Phi) is 5.32. The first-order chi connectivity index (χ1) is 7.17. The lowest BCUT2D eigenvalue weighted by atomic mass is 9.93. The van der Waals surface area contributed by atoms with Crippen LogP contribution in [0.2, 0.25) is 0 Å². The summed E-state index contributed by atoms with van der Waals surface area (Å²) in [7, 11) is 0. The van der Waals surface area contributed by atoms with Crippen LogP contribution in [0.5, 0.6) is 0 Å². The molecule has 1 aliphatic carbocycles. The van der Waals surface area contributed by atoms with E-state index < -0.39 is 0 Å². The summed E-state index contributed by atoms with van der Waals surface area (Å²) in [5, 5.41) is 0.0883. The molecule has 0 radical (unpaired) electrons. The second-order valence-electron chi connectivity index (χ2n) is 4.67. The van der Waals surface area contributed by atoms with Crippen LogP contribution in [0.3, 0.4) is 0 Å². The summed E-state index contributed by atoms with van der Waals surface area (Å²) in [6, 6.07) is 0. The quantitative estimate of drug-likeness (QED) is 0.413. The van der Waals surface area contributed by atoms with Gasteiger partial charge in [0.1, 0.15) is 0 Å². The molecule has 0 heterocycles. The maximum Gasteiger partial charge on any atom is 0.0658 e. The van der Waals surface area contributed by atoms with Crippen molar-refractivity contribution in [3.63, 3.8) is 0 Å². The van der Waals surface area contributed by atoms with Crippen molar-refractivity contribution in [1.29, 1.82) is 0 Å². The Morgan fingerprint density at radius 1 is 1.60 bits per heavy atom. The van der Waals surface area contributed by atoms with Crippen LogP contribution in [0.4, 0.5) is 0 Å². The van der Waals surface area contributed by atoms with Gasteiger partial charge in [0.25, 0.3) is 0 Å². The molecule has 0 spiro atoms. The van der Waals surface area contributed by atoms with Crippen LogP contribution in [-0.2, 0) is 0 Å². The highest BCUT2D eigenvalue weighted by Crippen LogP contribution is 2.36. The summed E-state index contributed by atoms with van der Waals surface area (Å²) in [6.45, 7) is 4.61. The number of hydrogen-bond acceptors (Lipinski definition) is 1. The molecule has 1 rings (SSSR count). The van der Waals surface area contributed by atoms with E-state index in [-0.39, 0.29) is 5.25 Å². The normalized spacial score (nSPS) is 28.8. The molecule has 1 aliphatic rings. The van der Waals surface area contributed by atoms with Gasteiger partial charge in [0.05, 0.1) is 5.25 Å². The van der Waals surface area contributed by atoms with Gasteiger partial charge < -0.3 is 0 Å². The van der Waals surface area contributed by atoms with Crippen LogP contribution >= 0.6 is 12.6 Å². The third kappa shape index (κ3) is 3.95. The second kappa shape index (κ2) is 6.28. The van der Waals surface area contributed by atoms with E-state index in [1.165, 1.54) is 25.7 Å². The minimum Gasteiger partial charge on any atom is -0.162 e. The molecule has 3 atom stereocenters. The average molecular weight is 222 g/mol. The van der Waals surface area contributed by atoms with E-state index in [4.69, 9.17) is 6.42 Å². The van der Waals surface area contributed by atoms with E-state index in [0.717, 1.165) is 18.3 Å². The Hall–Kier alpha value is -0.350. The molecule has 84 valence electrons. The molecule has 0 aromatic heterocycles. The molecule has 2 unspecified atom stereocenters. The van der Waals surface area contributed by atoms with Crippen molar-refractivity contribution in [3.05, 3.63) is 11.6 Å². The Morgan fingerprint density at radius 2 is 2.33 bits per heavy atom. The van der Waals surface area contributed by atoms with E-state index in [1.807, 2.05) is 0 Å². The van der Waals surface area contributed by atoms with Crippen LogP contribution < -0.4 is 0 Å². The number of rotatable bonds is 4. The topological polar surface area (TPSA) is 0 Å². The first-order valence-electron chi connectivity index (χ1n) is 6.00. The highest BCUT2D eigenvalue weighted by molar-refractivity contribution is 7.81. The summed E-state index contributed by atoms with van der Waals surface area (Å²) < 4.78 is 0. The van der Waals surface area contributed by atoms with Crippen molar-refractivity contribution in [2.45, 2.75) is 51.2 Å². The predicted octanol–water partition coefficient (Wildman–Crippen LogP) is 4.08. The van der Waals surface area contributed by atoms with Crippen LogP contribution in [0, 0.1) is 24.2 Å². The number of hydrogen-bond donors (Lipinski definition) is 1. The Morgan fingerprint density at radius 3 is 2.80 bits per heavy atom. The van der Waals surface area contributed by atoms with Gasteiger partial charge >= 0.3 is 0 Å². The lowest BCUT2D eigenvalue weighted by Crippen LogP contribution is -2.01. The molecule has 1 saturated carbocycles. The van der Waals surface area contributed by atoms with Gasteiger partial charge in [0.2, 0.25) is 0 Å². The van der Waals surface area contributed by atoms with Crippen molar-refractivity contribution >= 4 is 12.6 Å². The van der Waals surface area contributed by atoms with Gasteiger partial charge in [-0.2, -0.15) is 12.6 Å². The lowest BCUT2D eigenvalue weighted by Gasteiger charge is -2.13. The van der Waals surface area contributed by atoms with Crippen molar-refractivity contribution in [2.75, 3.05) is 0 Å². The monoisotopic (exact) mass is 222 g/mol. The fourth-order valence-electron chi connectivity index (χ4n) is 2.47. The van der Waals surface area contributed by atoms with Crippen LogP contribution in [0.1, 0.15) is 46.0 Å². The van der Waals surface area contributed by atoms with E-state index in [9.17, 15) is 0 Å². The van der Waals surface area contributed by atoms with Crippen LogP contribution in [-0.4, -0.2) is 5.25 Å². The highest BCUT2D eigenvalue weighted by Gasteiger charge is 2.23. The largest absolute Gasteiger partial charge is 0.162 e. The van der Waals surface area contributed by atoms with Crippen molar-refractivity contribution in [1.82, 2.24) is 0 Å². The van der Waals surface area contributed by atoms with Gasteiger partial charge in [-0.25, -0.2) is 0 Å². The fourth-order valence-corrected chi connectivity index (χ4v) is 2.58. The molecule has 0 amide bonds. The standard InChI is InChI=1S/C14H22S/c1-4-12(8-9-14(15)5-2)13-7-6-11(3)10-13/h2,8,11,13-15H,4,6-7,9-10H2,1,3H3/b12-8+/t11?,13-,14?/m0/s1. The third-order valence-corrected chi connectivity index (χ3v) is 3.78. The zero-order chi connectivity index (χ0) is 11.3. The fraction of sp³-hybridized carbons (Fsp3) is 0.714. The van der Waals surface area contributed by atoms with Crippen LogP contribution in [0.25, 0.3) is 0 Å². The Labute approximate surface area is 99.9 Å². The van der Waals surface area contributed by atoms with E-state index in [1.54, 1.807) is 5.57 Å². The maximum absolute atomic E-state index is 5.32.